The van der Waals surface area contributed by atoms with Gasteiger partial charge in [0.1, 0.15) is 0 Å². The number of nitrogens with two attached hydrogens (primary N) is 1. The van der Waals surface area contributed by atoms with Gasteiger partial charge in [0.25, 0.3) is 0 Å². The van der Waals surface area contributed by atoms with Gasteiger partial charge in [-0.25, -0.2) is 0 Å². The van der Waals surface area contributed by atoms with Gasteiger partial charge >= 0.3 is 0 Å². The molecule has 2 unspecified atom stereocenters. The highest BCUT2D eigenvalue weighted by Crippen LogP contribution is 2.30. The van der Waals surface area contributed by atoms with Crippen molar-refractivity contribution in [3.8, 4) is 0 Å². The van der Waals surface area contributed by atoms with E-state index >= 15 is 0 Å². The third-order valence-electron chi connectivity index (χ3n) is 5.23. The van der Waals surface area contributed by atoms with Crippen molar-refractivity contribution in [1.29, 1.82) is 0 Å². The number of nitrogens with zero attached hydrogens (tertiary/aromatic N) is 1. The van der Waals surface area contributed by atoms with E-state index in [0.717, 1.165) is 25.7 Å². The molecule has 3 nitrogen and oxygen atoms in total. The van der Waals surface area contributed by atoms with Crippen molar-refractivity contribution in [3.05, 3.63) is 35.4 Å². The molecule has 0 saturated carbocycles. The second-order valence-electron chi connectivity index (χ2n) is 6.68. The van der Waals surface area contributed by atoms with E-state index in [1.807, 2.05) is 0 Å². The Morgan fingerprint density at radius 1 is 1.19 bits per heavy atom. The van der Waals surface area contributed by atoms with E-state index in [0.29, 0.717) is 6.04 Å². The van der Waals surface area contributed by atoms with Crippen LogP contribution in [0, 0.1) is 5.92 Å². The summed E-state index contributed by atoms with van der Waals surface area (Å²) in [4.78, 5) is 2.52. The Hall–Kier alpha value is -0.900. The monoisotopic (exact) mass is 288 g/mol. The molecule has 0 bridgehead atoms. The summed E-state index contributed by atoms with van der Waals surface area (Å²) in [6.07, 6.45) is 6.01. The Balaban J connectivity index is 1.69. The van der Waals surface area contributed by atoms with E-state index in [1.54, 1.807) is 0 Å². The zero-order chi connectivity index (χ0) is 14.7. The minimum atomic E-state index is 0.147. The lowest BCUT2D eigenvalue weighted by Crippen LogP contribution is -2.43. The van der Waals surface area contributed by atoms with Crippen LogP contribution in [0.3, 0.4) is 0 Å². The number of likely N-dealkylation sites (N-methyl/N-ethyl adjacent to an activating group) is 1. The minimum Gasteiger partial charge on any atom is -0.381 e. The highest BCUT2D eigenvalue weighted by molar-refractivity contribution is 5.32. The van der Waals surface area contributed by atoms with Gasteiger partial charge in [0.15, 0.2) is 0 Å². The van der Waals surface area contributed by atoms with Crippen molar-refractivity contribution >= 4 is 0 Å². The van der Waals surface area contributed by atoms with Crippen molar-refractivity contribution in [2.45, 2.75) is 44.2 Å². The first kappa shape index (κ1) is 15.0. The summed E-state index contributed by atoms with van der Waals surface area (Å²) in [7, 11) is 2.26. The molecule has 0 aromatic heterocycles. The van der Waals surface area contributed by atoms with E-state index in [9.17, 15) is 0 Å². The lowest BCUT2D eigenvalue weighted by atomic mass is 9.94. The molecular weight excluding hydrogens is 260 g/mol. The maximum Gasteiger partial charge on any atom is 0.0469 e. The molecule has 3 heteroatoms. The topological polar surface area (TPSA) is 38.5 Å². The maximum absolute atomic E-state index is 6.63. The second kappa shape index (κ2) is 6.91. The number of ether oxygens (including phenoxy) is 1. The molecule has 1 heterocycles. The molecule has 1 fully saturated rings. The zero-order valence-electron chi connectivity index (χ0n) is 13.1. The van der Waals surface area contributed by atoms with Crippen LogP contribution < -0.4 is 5.73 Å². The number of fused-ring (bicyclic) bond motifs is 1. The summed E-state index contributed by atoms with van der Waals surface area (Å²) in [6.45, 7) is 3.01. The second-order valence-corrected chi connectivity index (χ2v) is 6.68. The largest absolute Gasteiger partial charge is 0.381 e. The summed E-state index contributed by atoms with van der Waals surface area (Å²) < 4.78 is 5.47. The van der Waals surface area contributed by atoms with E-state index < -0.39 is 0 Å². The Kier molecular flexibility index (Phi) is 4.94. The summed E-state index contributed by atoms with van der Waals surface area (Å²) in [5, 5.41) is 0. The van der Waals surface area contributed by atoms with Gasteiger partial charge in [-0.15, -0.1) is 0 Å². The highest BCUT2D eigenvalue weighted by Gasteiger charge is 2.29. The molecule has 2 N–H and O–H groups in total. The van der Waals surface area contributed by atoms with Crippen molar-refractivity contribution in [2.75, 3.05) is 26.8 Å². The zero-order valence-corrected chi connectivity index (χ0v) is 13.1. The van der Waals surface area contributed by atoms with Gasteiger partial charge in [-0.3, -0.25) is 0 Å². The Labute approximate surface area is 128 Å². The van der Waals surface area contributed by atoms with Crippen LogP contribution >= 0.6 is 0 Å². The molecule has 21 heavy (non-hydrogen) atoms. The smallest absolute Gasteiger partial charge is 0.0469 e. The summed E-state index contributed by atoms with van der Waals surface area (Å²) in [6, 6.07) is 9.35. The summed E-state index contributed by atoms with van der Waals surface area (Å²) in [5.41, 5.74) is 9.44. The molecule has 0 radical (unpaired) electrons. The first-order valence-corrected chi connectivity index (χ1v) is 8.37. The van der Waals surface area contributed by atoms with E-state index in [-0.39, 0.29) is 6.04 Å². The van der Waals surface area contributed by atoms with Gasteiger partial charge < -0.3 is 15.4 Å². The molecule has 2 aliphatic rings. The fourth-order valence-electron chi connectivity index (χ4n) is 3.94. The molecule has 0 amide bonds. The van der Waals surface area contributed by atoms with Crippen LogP contribution in [-0.2, 0) is 11.2 Å². The average Bonchev–Trinajstić information content (AvgIpc) is 2.68. The third kappa shape index (κ3) is 3.47. The lowest BCUT2D eigenvalue weighted by molar-refractivity contribution is 0.0476. The quantitative estimate of drug-likeness (QED) is 0.869. The number of hydrogen-bond donors (Lipinski definition) is 1. The first-order chi connectivity index (χ1) is 10.3. The molecule has 0 spiro atoms. The summed E-state index contributed by atoms with van der Waals surface area (Å²) >= 11 is 0. The van der Waals surface area contributed by atoms with Crippen LogP contribution in [0.1, 0.15) is 42.9 Å². The fraction of sp³-hybridized carbons (Fsp3) is 0.667. The van der Waals surface area contributed by atoms with Crippen LogP contribution in [-0.4, -0.2) is 37.7 Å². The van der Waals surface area contributed by atoms with E-state index in [4.69, 9.17) is 10.5 Å². The lowest BCUT2D eigenvalue weighted by Gasteiger charge is -2.35. The first-order valence-electron chi connectivity index (χ1n) is 8.37. The summed E-state index contributed by atoms with van der Waals surface area (Å²) in [5.74, 6) is 0.773. The molecule has 1 aromatic rings. The molecule has 116 valence electrons. The van der Waals surface area contributed by atoms with Crippen molar-refractivity contribution < 1.29 is 4.74 Å². The Morgan fingerprint density at radius 2 is 1.95 bits per heavy atom. The van der Waals surface area contributed by atoms with Crippen molar-refractivity contribution in [3.63, 3.8) is 0 Å². The third-order valence-corrected chi connectivity index (χ3v) is 5.23. The Morgan fingerprint density at radius 3 is 2.76 bits per heavy atom. The predicted octanol–water partition coefficient (Wildman–Crippen LogP) is 2.75. The molecule has 2 atom stereocenters. The van der Waals surface area contributed by atoms with Crippen LogP contribution in [0.15, 0.2) is 24.3 Å². The van der Waals surface area contributed by atoms with Crippen LogP contribution in [0.2, 0.25) is 0 Å². The molecular formula is C18H28N2O. The number of aryl methyl sites for hydroxylation is 1. The van der Waals surface area contributed by atoms with Gasteiger partial charge in [-0.2, -0.15) is 0 Å². The molecule has 1 aliphatic carbocycles. The van der Waals surface area contributed by atoms with Gasteiger partial charge in [0.05, 0.1) is 0 Å². The van der Waals surface area contributed by atoms with E-state index in [1.165, 1.54) is 43.2 Å². The van der Waals surface area contributed by atoms with Crippen molar-refractivity contribution in [2.24, 2.45) is 11.7 Å². The van der Waals surface area contributed by atoms with Crippen LogP contribution in [0.5, 0.6) is 0 Å². The molecule has 3 rings (SSSR count). The number of benzene rings is 1. The molecule has 1 saturated heterocycles. The highest BCUT2D eigenvalue weighted by atomic mass is 16.5. The molecule has 1 aromatic carbocycles. The molecule has 1 aliphatic heterocycles. The normalized spacial score (nSPS) is 27.4. The number of rotatable bonds is 3. The van der Waals surface area contributed by atoms with Crippen LogP contribution in [0.25, 0.3) is 0 Å². The SMILES string of the molecule is CN(CC1CCOCC1)C1CCCc2ccccc2C1N. The standard InChI is InChI=1S/C18H28N2O/c1-20(13-14-9-11-21-12-10-14)17-8-4-6-15-5-2-3-7-16(15)18(17)19/h2-3,5,7,14,17-18H,4,6,8-13,19H2,1H3. The van der Waals surface area contributed by atoms with Gasteiger partial charge in [0.2, 0.25) is 0 Å². The predicted molar refractivity (Wildman–Crippen MR) is 86.3 cm³/mol. The van der Waals surface area contributed by atoms with Gasteiger partial charge in [-0.1, -0.05) is 24.3 Å². The Bertz CT molecular complexity index is 456. The number of hydrogen-bond acceptors (Lipinski definition) is 3. The van der Waals surface area contributed by atoms with E-state index in [2.05, 4.69) is 36.2 Å². The fourth-order valence-corrected chi connectivity index (χ4v) is 3.94. The van der Waals surface area contributed by atoms with Crippen molar-refractivity contribution in [1.82, 2.24) is 4.90 Å². The van der Waals surface area contributed by atoms with Gasteiger partial charge in [0, 0.05) is 31.8 Å². The van der Waals surface area contributed by atoms with Crippen LogP contribution in [0.4, 0.5) is 0 Å². The minimum absolute atomic E-state index is 0.147. The van der Waals surface area contributed by atoms with Gasteiger partial charge in [-0.05, 0) is 56.2 Å². The maximum atomic E-state index is 6.63. The average molecular weight is 288 g/mol.